The molecule has 0 aliphatic heterocycles. The third-order valence-corrected chi connectivity index (χ3v) is 3.52. The third kappa shape index (κ3) is 2.72. The molecule has 0 aliphatic carbocycles. The van der Waals surface area contributed by atoms with E-state index in [2.05, 4.69) is 15.2 Å². The summed E-state index contributed by atoms with van der Waals surface area (Å²) >= 11 is 0. The van der Waals surface area contributed by atoms with Crippen molar-refractivity contribution in [3.8, 4) is 5.88 Å². The summed E-state index contributed by atoms with van der Waals surface area (Å²) in [4.78, 5) is 25.1. The molecule has 24 heavy (non-hydrogen) atoms. The van der Waals surface area contributed by atoms with Gasteiger partial charge in [-0.2, -0.15) is 0 Å². The van der Waals surface area contributed by atoms with E-state index in [1.54, 1.807) is 37.3 Å². The van der Waals surface area contributed by atoms with E-state index in [4.69, 9.17) is 0 Å². The predicted octanol–water partition coefficient (Wildman–Crippen LogP) is 4.01. The molecular formula is C16H12N4O4. The number of aryl methyl sites for hydroxylation is 1. The summed E-state index contributed by atoms with van der Waals surface area (Å²) in [5.41, 5.74) is 1.28. The van der Waals surface area contributed by atoms with Crippen LogP contribution in [-0.4, -0.2) is 20.9 Å². The Morgan fingerprint density at radius 2 is 1.96 bits per heavy atom. The summed E-state index contributed by atoms with van der Waals surface area (Å²) in [5.74, 6) is -0.885. The van der Waals surface area contributed by atoms with Crippen molar-refractivity contribution in [2.45, 2.75) is 6.92 Å². The number of aromatic nitrogens is 1. The van der Waals surface area contributed by atoms with Crippen molar-refractivity contribution in [3.63, 3.8) is 0 Å². The molecule has 0 atom stereocenters. The average molecular weight is 324 g/mol. The fourth-order valence-corrected chi connectivity index (χ4v) is 2.37. The van der Waals surface area contributed by atoms with Gasteiger partial charge >= 0.3 is 0 Å². The molecule has 2 N–H and O–H groups in total. The molecule has 3 rings (SSSR count). The molecule has 0 unspecified atom stereocenters. The molecule has 1 heterocycles. The highest BCUT2D eigenvalue weighted by molar-refractivity contribution is 5.98. The zero-order valence-electron chi connectivity index (χ0n) is 12.6. The number of aromatic amines is 1. The van der Waals surface area contributed by atoms with Crippen LogP contribution in [-0.2, 0) is 0 Å². The Bertz CT molecular complexity index is 977. The van der Waals surface area contributed by atoms with Crippen LogP contribution in [0.5, 0.6) is 5.88 Å². The average Bonchev–Trinajstić information content (AvgIpc) is 2.89. The largest absolute Gasteiger partial charge is 0.493 e. The number of hydrogen-bond acceptors (Lipinski definition) is 5. The summed E-state index contributed by atoms with van der Waals surface area (Å²) in [6.45, 7) is 1.67. The van der Waals surface area contributed by atoms with Crippen molar-refractivity contribution in [1.29, 1.82) is 0 Å². The van der Waals surface area contributed by atoms with Crippen molar-refractivity contribution in [2.24, 2.45) is 10.2 Å². The molecule has 120 valence electrons. The molecule has 0 spiro atoms. The molecule has 8 nitrogen and oxygen atoms in total. The summed E-state index contributed by atoms with van der Waals surface area (Å²) in [7, 11) is 0. The molecule has 0 radical (unpaired) electrons. The number of carbonyl (C=O) groups is 1. The number of H-pyrrole nitrogens is 1. The molecule has 0 saturated carbocycles. The van der Waals surface area contributed by atoms with Crippen LogP contribution in [0, 0.1) is 17.0 Å². The highest BCUT2D eigenvalue weighted by Crippen LogP contribution is 2.39. The van der Waals surface area contributed by atoms with Crippen LogP contribution in [0.1, 0.15) is 15.9 Å². The first-order chi connectivity index (χ1) is 11.5. The summed E-state index contributed by atoms with van der Waals surface area (Å²) in [6, 6.07) is 11.0. The number of fused-ring (bicyclic) bond motifs is 1. The fourth-order valence-electron chi connectivity index (χ4n) is 2.37. The Balaban J connectivity index is 2.06. The summed E-state index contributed by atoms with van der Waals surface area (Å²) in [5, 5.41) is 28.7. The van der Waals surface area contributed by atoms with Gasteiger partial charge < -0.3 is 10.1 Å². The zero-order valence-corrected chi connectivity index (χ0v) is 12.6. The molecule has 0 bridgehead atoms. The fraction of sp³-hybridized carbons (Fsp3) is 0.0625. The number of carbonyl (C=O) groups excluding carboxylic acids is 1. The number of azo groups is 1. The van der Waals surface area contributed by atoms with Gasteiger partial charge in [0.15, 0.2) is 5.69 Å². The number of benzene rings is 2. The maximum absolute atomic E-state index is 12.0. The molecule has 2 aromatic carbocycles. The number of rotatable bonds is 3. The molecule has 8 heteroatoms. The Morgan fingerprint density at radius 1 is 1.25 bits per heavy atom. The van der Waals surface area contributed by atoms with E-state index in [0.29, 0.717) is 22.0 Å². The Hall–Kier alpha value is -3.55. The van der Waals surface area contributed by atoms with Gasteiger partial charge in [0.05, 0.1) is 10.4 Å². The van der Waals surface area contributed by atoms with E-state index in [0.717, 1.165) is 0 Å². The number of hydrogen-bond donors (Lipinski definition) is 2. The number of nitrogens with one attached hydrogen (secondary N) is 1. The van der Waals surface area contributed by atoms with Gasteiger partial charge in [0.25, 0.3) is 11.6 Å². The number of aromatic hydroxyl groups is 1. The van der Waals surface area contributed by atoms with Crippen LogP contribution in [0.3, 0.4) is 0 Å². The Labute approximate surface area is 135 Å². The number of nitro groups is 1. The minimum atomic E-state index is -0.577. The maximum Gasteiger partial charge on any atom is 0.295 e. The molecule has 0 fully saturated rings. The number of nitro benzene ring substituents is 1. The van der Waals surface area contributed by atoms with E-state index < -0.39 is 10.8 Å². The Morgan fingerprint density at radius 3 is 2.62 bits per heavy atom. The lowest BCUT2D eigenvalue weighted by Crippen LogP contribution is -1.92. The normalized spacial score (nSPS) is 11.2. The first kappa shape index (κ1) is 15.3. The molecule has 1 amide bonds. The number of non-ortho nitro benzene ring substituents is 1. The van der Waals surface area contributed by atoms with Gasteiger partial charge in [-0.15, -0.1) is 10.2 Å². The summed E-state index contributed by atoms with van der Waals surface area (Å²) < 4.78 is 0. The maximum atomic E-state index is 12.0. The molecule has 0 aliphatic rings. The van der Waals surface area contributed by atoms with Gasteiger partial charge in [-0.25, -0.2) is 0 Å². The van der Waals surface area contributed by atoms with E-state index in [9.17, 15) is 20.0 Å². The monoisotopic (exact) mass is 324 g/mol. The Kier molecular flexibility index (Phi) is 3.78. The molecular weight excluding hydrogens is 312 g/mol. The first-order valence-corrected chi connectivity index (χ1v) is 6.98. The van der Waals surface area contributed by atoms with E-state index in [1.807, 2.05) is 0 Å². The summed E-state index contributed by atoms with van der Waals surface area (Å²) in [6.07, 6.45) is 0. The molecule has 1 aromatic heterocycles. The second kappa shape index (κ2) is 5.92. The second-order valence-corrected chi connectivity index (χ2v) is 5.14. The van der Waals surface area contributed by atoms with E-state index >= 15 is 0 Å². The minimum Gasteiger partial charge on any atom is -0.493 e. The van der Waals surface area contributed by atoms with Gasteiger partial charge in [-0.3, -0.25) is 14.9 Å². The van der Waals surface area contributed by atoms with Crippen LogP contribution >= 0.6 is 0 Å². The lowest BCUT2D eigenvalue weighted by atomic mass is 10.1. The van der Waals surface area contributed by atoms with Crippen molar-refractivity contribution < 1.29 is 14.8 Å². The van der Waals surface area contributed by atoms with E-state index in [-0.39, 0.29) is 17.3 Å². The third-order valence-electron chi connectivity index (χ3n) is 3.52. The molecule has 0 saturated heterocycles. The van der Waals surface area contributed by atoms with Crippen LogP contribution in [0.4, 0.5) is 11.4 Å². The van der Waals surface area contributed by atoms with Gasteiger partial charge in [0, 0.05) is 23.1 Å². The smallest absolute Gasteiger partial charge is 0.295 e. The highest BCUT2D eigenvalue weighted by atomic mass is 16.6. The van der Waals surface area contributed by atoms with Crippen molar-refractivity contribution >= 4 is 28.2 Å². The quantitative estimate of drug-likeness (QED) is 0.429. The highest BCUT2D eigenvalue weighted by Gasteiger charge is 2.17. The van der Waals surface area contributed by atoms with Crippen LogP contribution in [0.2, 0.25) is 0 Å². The molecule has 3 aromatic rings. The van der Waals surface area contributed by atoms with Gasteiger partial charge in [0.2, 0.25) is 5.88 Å². The van der Waals surface area contributed by atoms with Crippen molar-refractivity contribution in [2.75, 3.05) is 0 Å². The first-order valence-electron chi connectivity index (χ1n) is 6.98. The SMILES string of the molecule is Cc1cc([N+](=O)[O-])cc2c(N=NC(=O)c3ccccc3)c(O)[nH]c12. The predicted molar refractivity (Wildman–Crippen MR) is 86.6 cm³/mol. The number of nitrogens with zero attached hydrogens (tertiary/aromatic N) is 3. The van der Waals surface area contributed by atoms with E-state index in [1.165, 1.54) is 12.1 Å². The zero-order chi connectivity index (χ0) is 17.3. The van der Waals surface area contributed by atoms with Crippen LogP contribution in [0.15, 0.2) is 52.7 Å². The van der Waals surface area contributed by atoms with Gasteiger partial charge in [-0.1, -0.05) is 18.2 Å². The van der Waals surface area contributed by atoms with Crippen molar-refractivity contribution in [1.82, 2.24) is 4.98 Å². The standard InChI is InChI=1S/C16H12N4O4/c1-9-7-11(20(23)24)8-12-13(9)17-16(22)14(12)18-19-15(21)10-5-3-2-4-6-10/h2-8,17,22H,1H3. The van der Waals surface area contributed by atoms with Gasteiger partial charge in [0.1, 0.15) is 0 Å². The lowest BCUT2D eigenvalue weighted by Gasteiger charge is -1.97. The minimum absolute atomic E-state index is 0.0129. The lowest BCUT2D eigenvalue weighted by molar-refractivity contribution is -0.384. The van der Waals surface area contributed by atoms with Crippen LogP contribution in [0.25, 0.3) is 10.9 Å². The van der Waals surface area contributed by atoms with Gasteiger partial charge in [-0.05, 0) is 24.6 Å². The topological polar surface area (TPSA) is 121 Å². The van der Waals surface area contributed by atoms with Crippen LogP contribution < -0.4 is 0 Å². The second-order valence-electron chi connectivity index (χ2n) is 5.14. The van der Waals surface area contributed by atoms with Crippen molar-refractivity contribution in [3.05, 3.63) is 63.7 Å². The number of amides is 1.